The van der Waals surface area contributed by atoms with E-state index in [0.717, 1.165) is 11.3 Å². The van der Waals surface area contributed by atoms with Gasteiger partial charge in [-0.3, -0.25) is 0 Å². The van der Waals surface area contributed by atoms with Gasteiger partial charge in [-0.15, -0.1) is 0 Å². The van der Waals surface area contributed by atoms with Crippen LogP contribution in [-0.2, 0) is 0 Å². The molecule has 0 saturated heterocycles. The average Bonchev–Trinajstić information content (AvgIpc) is 2.33. The summed E-state index contributed by atoms with van der Waals surface area (Å²) in [5, 5.41) is 3.02. The summed E-state index contributed by atoms with van der Waals surface area (Å²) < 4.78 is 0. The number of hydrogen-bond donors (Lipinski definition) is 1. The molecule has 1 heteroatoms. The molecule has 1 nitrogen and oxygen atoms in total. The SMILES string of the molecule is C=CNC(/C=C\C)=C(\C)C=C.CC.CC. The summed E-state index contributed by atoms with van der Waals surface area (Å²) in [6.45, 7) is 19.2. The van der Waals surface area contributed by atoms with Gasteiger partial charge in [0.05, 0.1) is 0 Å². The molecule has 0 bridgehead atoms. The van der Waals surface area contributed by atoms with Gasteiger partial charge in [-0.2, -0.15) is 0 Å². The first-order valence-electron chi connectivity index (χ1n) is 5.59. The number of hydrogen-bond acceptors (Lipinski definition) is 1. The maximum atomic E-state index is 3.68. The van der Waals surface area contributed by atoms with Crippen LogP contribution in [0.4, 0.5) is 0 Å². The molecule has 88 valence electrons. The van der Waals surface area contributed by atoms with E-state index in [2.05, 4.69) is 18.5 Å². The molecule has 0 aromatic heterocycles. The van der Waals surface area contributed by atoms with Gasteiger partial charge in [-0.05, 0) is 31.7 Å². The standard InChI is InChI=1S/C10H15N.2C2H6/c1-5-8-10(11-7-3)9(4)6-2;2*1-2/h5-8,11H,2-3H2,1,4H3;2*1-2H3/b8-5-,10-9+;;. The van der Waals surface area contributed by atoms with E-state index in [9.17, 15) is 0 Å². The van der Waals surface area contributed by atoms with Crippen LogP contribution < -0.4 is 5.32 Å². The summed E-state index contributed by atoms with van der Waals surface area (Å²) in [6, 6.07) is 0. The summed E-state index contributed by atoms with van der Waals surface area (Å²) >= 11 is 0. The van der Waals surface area contributed by atoms with Crippen molar-refractivity contribution in [2.45, 2.75) is 41.5 Å². The lowest BCUT2D eigenvalue weighted by Crippen LogP contribution is -2.03. The Hall–Kier alpha value is -1.24. The van der Waals surface area contributed by atoms with Crippen LogP contribution in [0.1, 0.15) is 41.5 Å². The number of allylic oxidation sites excluding steroid dienone is 4. The van der Waals surface area contributed by atoms with Gasteiger partial charge in [0.2, 0.25) is 0 Å². The summed E-state index contributed by atoms with van der Waals surface area (Å²) in [5.74, 6) is 0. The predicted octanol–water partition coefficient (Wildman–Crippen LogP) is 4.81. The molecule has 0 aromatic carbocycles. The lowest BCUT2D eigenvalue weighted by molar-refractivity contribution is 1.09. The summed E-state index contributed by atoms with van der Waals surface area (Å²) in [7, 11) is 0. The van der Waals surface area contributed by atoms with Gasteiger partial charge in [0, 0.05) is 5.70 Å². The number of rotatable bonds is 4. The molecule has 0 atom stereocenters. The molecule has 0 unspecified atom stereocenters. The van der Waals surface area contributed by atoms with Gasteiger partial charge in [0.25, 0.3) is 0 Å². The van der Waals surface area contributed by atoms with Crippen LogP contribution in [0, 0.1) is 0 Å². The van der Waals surface area contributed by atoms with E-state index in [4.69, 9.17) is 0 Å². The molecule has 0 radical (unpaired) electrons. The minimum absolute atomic E-state index is 1.04. The third kappa shape index (κ3) is 12.8. The van der Waals surface area contributed by atoms with E-state index in [-0.39, 0.29) is 0 Å². The van der Waals surface area contributed by atoms with Gasteiger partial charge in [0.15, 0.2) is 0 Å². The fourth-order valence-corrected chi connectivity index (χ4v) is 0.680. The molecule has 15 heavy (non-hydrogen) atoms. The van der Waals surface area contributed by atoms with Crippen LogP contribution in [0.2, 0.25) is 0 Å². The second-order valence-electron chi connectivity index (χ2n) is 2.15. The van der Waals surface area contributed by atoms with Crippen molar-refractivity contribution in [2.75, 3.05) is 0 Å². The van der Waals surface area contributed by atoms with Gasteiger partial charge in [0.1, 0.15) is 0 Å². The van der Waals surface area contributed by atoms with Crippen LogP contribution in [0.3, 0.4) is 0 Å². The zero-order chi connectivity index (χ0) is 12.7. The maximum absolute atomic E-state index is 3.68. The van der Waals surface area contributed by atoms with Crippen LogP contribution in [0.15, 0.2) is 48.9 Å². The van der Waals surface area contributed by atoms with Crippen molar-refractivity contribution in [3.05, 3.63) is 48.9 Å². The van der Waals surface area contributed by atoms with E-state index in [1.165, 1.54) is 0 Å². The van der Waals surface area contributed by atoms with E-state index in [1.807, 2.05) is 59.8 Å². The smallest absolute Gasteiger partial charge is 0.0405 e. The highest BCUT2D eigenvalue weighted by Gasteiger charge is 1.90. The molecule has 0 rings (SSSR count). The Morgan fingerprint density at radius 1 is 1.07 bits per heavy atom. The molecule has 0 aliphatic heterocycles. The molecule has 0 amide bonds. The van der Waals surface area contributed by atoms with E-state index >= 15 is 0 Å². The normalized spacial score (nSPS) is 10.0. The largest absolute Gasteiger partial charge is 0.362 e. The minimum Gasteiger partial charge on any atom is -0.362 e. The van der Waals surface area contributed by atoms with E-state index in [1.54, 1.807) is 6.20 Å². The first-order valence-corrected chi connectivity index (χ1v) is 5.59. The van der Waals surface area contributed by atoms with Crippen molar-refractivity contribution in [1.29, 1.82) is 0 Å². The van der Waals surface area contributed by atoms with Gasteiger partial charge in [-0.25, -0.2) is 0 Å². The topological polar surface area (TPSA) is 12.0 Å². The molecule has 1 N–H and O–H groups in total. The second kappa shape index (κ2) is 18.5. The lowest BCUT2D eigenvalue weighted by atomic mass is 10.2. The number of nitrogens with one attached hydrogen (secondary N) is 1. The Morgan fingerprint density at radius 3 is 1.80 bits per heavy atom. The Labute approximate surface area is 96.3 Å². The Bertz CT molecular complexity index is 197. The maximum Gasteiger partial charge on any atom is 0.0405 e. The Balaban J connectivity index is -0.000000318. The molecule has 0 spiro atoms. The van der Waals surface area contributed by atoms with Gasteiger partial charge in [-0.1, -0.05) is 53.0 Å². The zero-order valence-corrected chi connectivity index (χ0v) is 11.2. The highest BCUT2D eigenvalue weighted by molar-refractivity contribution is 5.29. The fourth-order valence-electron chi connectivity index (χ4n) is 0.680. The van der Waals surface area contributed by atoms with Gasteiger partial charge < -0.3 is 5.32 Å². The summed E-state index contributed by atoms with van der Waals surface area (Å²) in [6.07, 6.45) is 7.42. The van der Waals surface area contributed by atoms with Crippen LogP contribution in [0.25, 0.3) is 0 Å². The third-order valence-corrected chi connectivity index (χ3v) is 1.32. The van der Waals surface area contributed by atoms with Crippen LogP contribution in [-0.4, -0.2) is 0 Å². The van der Waals surface area contributed by atoms with Crippen molar-refractivity contribution < 1.29 is 0 Å². The van der Waals surface area contributed by atoms with Crippen molar-refractivity contribution in [3.63, 3.8) is 0 Å². The minimum atomic E-state index is 1.04. The monoisotopic (exact) mass is 209 g/mol. The van der Waals surface area contributed by atoms with Crippen LogP contribution >= 0.6 is 0 Å². The average molecular weight is 209 g/mol. The van der Waals surface area contributed by atoms with Crippen LogP contribution in [0.5, 0.6) is 0 Å². The molecule has 0 aliphatic rings. The van der Waals surface area contributed by atoms with Crippen molar-refractivity contribution in [2.24, 2.45) is 0 Å². The highest BCUT2D eigenvalue weighted by atomic mass is 14.8. The van der Waals surface area contributed by atoms with Crippen molar-refractivity contribution in [1.82, 2.24) is 5.32 Å². The fraction of sp³-hybridized carbons (Fsp3) is 0.429. The summed E-state index contributed by atoms with van der Waals surface area (Å²) in [5.41, 5.74) is 2.15. The molecule has 0 fully saturated rings. The lowest BCUT2D eigenvalue weighted by Gasteiger charge is -2.03. The van der Waals surface area contributed by atoms with E-state index in [0.29, 0.717) is 0 Å². The molecule has 0 saturated carbocycles. The Kier molecular flexibility index (Phi) is 23.9. The Morgan fingerprint density at radius 2 is 1.53 bits per heavy atom. The van der Waals surface area contributed by atoms with Crippen molar-refractivity contribution in [3.8, 4) is 0 Å². The van der Waals surface area contributed by atoms with Crippen molar-refractivity contribution >= 4 is 0 Å². The predicted molar refractivity (Wildman–Crippen MR) is 73.7 cm³/mol. The molecular weight excluding hydrogens is 182 g/mol. The quantitative estimate of drug-likeness (QED) is 0.655. The highest BCUT2D eigenvalue weighted by Crippen LogP contribution is 2.02. The summed E-state index contributed by atoms with van der Waals surface area (Å²) in [4.78, 5) is 0. The first kappa shape index (κ1) is 19.4. The molecular formula is C14H27N. The van der Waals surface area contributed by atoms with Gasteiger partial charge >= 0.3 is 0 Å². The third-order valence-electron chi connectivity index (χ3n) is 1.32. The second-order valence-corrected chi connectivity index (χ2v) is 2.15. The zero-order valence-electron chi connectivity index (χ0n) is 11.2. The first-order chi connectivity index (χ1) is 7.26. The molecule has 0 aliphatic carbocycles. The molecule has 0 heterocycles. The molecule has 0 aromatic rings. The van der Waals surface area contributed by atoms with E-state index < -0.39 is 0 Å².